The number of ether oxygens (including phenoxy) is 1. The van der Waals surface area contributed by atoms with E-state index in [1.54, 1.807) is 7.11 Å². The van der Waals surface area contributed by atoms with Gasteiger partial charge in [0.1, 0.15) is 5.75 Å². The van der Waals surface area contributed by atoms with E-state index in [4.69, 9.17) is 21.3 Å². The van der Waals surface area contributed by atoms with Gasteiger partial charge in [0.25, 0.3) is 0 Å². The van der Waals surface area contributed by atoms with Crippen LogP contribution in [0.25, 0.3) is 0 Å². The second-order valence-corrected chi connectivity index (χ2v) is 7.54. The lowest BCUT2D eigenvalue weighted by Crippen LogP contribution is -2.51. The zero-order chi connectivity index (χ0) is 18.6. The van der Waals surface area contributed by atoms with Crippen molar-refractivity contribution in [2.45, 2.75) is 32.7 Å². The molecular formula is C19H27ClN4O2. The average molecular weight is 379 g/mol. The van der Waals surface area contributed by atoms with Crippen LogP contribution in [0.5, 0.6) is 5.75 Å². The topological polar surface area (TPSA) is 66.0 Å². The van der Waals surface area contributed by atoms with Gasteiger partial charge in [0.2, 0.25) is 5.91 Å². The number of aliphatic imine (C=N–C) groups is 1. The van der Waals surface area contributed by atoms with Crippen LogP contribution in [0.15, 0.2) is 23.2 Å². The molecule has 0 aliphatic carbocycles. The number of nitrogens with one attached hydrogen (secondary N) is 2. The van der Waals surface area contributed by atoms with Crippen molar-refractivity contribution in [2.75, 3.05) is 33.3 Å². The van der Waals surface area contributed by atoms with Crippen LogP contribution in [0.2, 0.25) is 5.02 Å². The van der Waals surface area contributed by atoms with Crippen LogP contribution >= 0.6 is 11.6 Å². The van der Waals surface area contributed by atoms with E-state index in [0.29, 0.717) is 18.0 Å². The first-order valence-electron chi connectivity index (χ1n) is 9.17. The first-order chi connectivity index (χ1) is 12.5. The summed E-state index contributed by atoms with van der Waals surface area (Å²) < 4.78 is 5.42. The van der Waals surface area contributed by atoms with Crippen LogP contribution in [0, 0.1) is 5.41 Å². The van der Waals surface area contributed by atoms with E-state index in [-0.39, 0.29) is 11.3 Å². The van der Waals surface area contributed by atoms with Gasteiger partial charge in [-0.05, 0) is 38.0 Å². The number of halogens is 1. The third-order valence-electron chi connectivity index (χ3n) is 5.13. The van der Waals surface area contributed by atoms with Crippen molar-refractivity contribution >= 4 is 23.5 Å². The molecule has 0 radical (unpaired) electrons. The lowest BCUT2D eigenvalue weighted by atomic mass is 9.79. The molecule has 2 N–H and O–H groups in total. The minimum Gasteiger partial charge on any atom is -0.496 e. The second kappa shape index (κ2) is 8.16. The van der Waals surface area contributed by atoms with E-state index >= 15 is 0 Å². The Labute approximate surface area is 159 Å². The van der Waals surface area contributed by atoms with Crippen molar-refractivity contribution < 1.29 is 9.53 Å². The summed E-state index contributed by atoms with van der Waals surface area (Å²) in [6.07, 6.45) is 2.77. The normalized spacial score (nSPS) is 23.3. The highest BCUT2D eigenvalue weighted by atomic mass is 35.5. The van der Waals surface area contributed by atoms with Crippen LogP contribution in [0.1, 0.15) is 31.7 Å². The summed E-state index contributed by atoms with van der Waals surface area (Å²) in [6, 6.07) is 5.58. The maximum atomic E-state index is 11.7. The fourth-order valence-corrected chi connectivity index (χ4v) is 4.08. The van der Waals surface area contributed by atoms with Gasteiger partial charge in [-0.15, -0.1) is 0 Å². The third kappa shape index (κ3) is 4.23. The van der Waals surface area contributed by atoms with Gasteiger partial charge in [-0.3, -0.25) is 4.79 Å². The van der Waals surface area contributed by atoms with Crippen LogP contribution in [0.4, 0.5) is 0 Å². The molecule has 1 amide bonds. The molecule has 3 rings (SSSR count). The molecule has 2 aliphatic heterocycles. The summed E-state index contributed by atoms with van der Waals surface area (Å²) in [7, 11) is 1.65. The van der Waals surface area contributed by atoms with Gasteiger partial charge in [-0.25, -0.2) is 4.99 Å². The van der Waals surface area contributed by atoms with E-state index in [9.17, 15) is 4.79 Å². The first kappa shape index (κ1) is 18.8. The molecule has 26 heavy (non-hydrogen) atoms. The fraction of sp³-hybridized carbons (Fsp3) is 0.579. The fourth-order valence-electron chi connectivity index (χ4n) is 3.89. The molecule has 1 aromatic carbocycles. The SMILES string of the molecule is CCNC(=NCc1cc(Cl)ccc1OC)N1CCCC2(CNC(=O)C2)C1. The van der Waals surface area contributed by atoms with Crippen molar-refractivity contribution in [1.29, 1.82) is 0 Å². The Kier molecular flexibility index (Phi) is 5.91. The number of rotatable bonds is 4. The minimum absolute atomic E-state index is 0.0409. The number of carbonyl (C=O) groups is 1. The molecule has 2 fully saturated rings. The minimum atomic E-state index is 0.0409. The van der Waals surface area contributed by atoms with Gasteiger partial charge in [-0.1, -0.05) is 11.6 Å². The lowest BCUT2D eigenvalue weighted by molar-refractivity contribution is -0.119. The summed E-state index contributed by atoms with van der Waals surface area (Å²) in [4.78, 5) is 18.8. The van der Waals surface area contributed by atoms with Crippen molar-refractivity contribution in [3.8, 4) is 5.75 Å². The quantitative estimate of drug-likeness (QED) is 0.623. The van der Waals surface area contributed by atoms with Gasteiger partial charge in [0.15, 0.2) is 5.96 Å². The van der Waals surface area contributed by atoms with E-state index in [0.717, 1.165) is 56.3 Å². The number of methoxy groups -OCH3 is 1. The maximum Gasteiger partial charge on any atom is 0.220 e. The predicted molar refractivity (Wildman–Crippen MR) is 104 cm³/mol. The Morgan fingerprint density at radius 3 is 3.04 bits per heavy atom. The van der Waals surface area contributed by atoms with E-state index in [2.05, 4.69) is 22.5 Å². The number of piperidine rings is 1. The van der Waals surface area contributed by atoms with Gasteiger partial charge in [-0.2, -0.15) is 0 Å². The molecule has 7 heteroatoms. The van der Waals surface area contributed by atoms with Crippen molar-refractivity contribution in [3.63, 3.8) is 0 Å². The van der Waals surface area contributed by atoms with Gasteiger partial charge >= 0.3 is 0 Å². The molecular weight excluding hydrogens is 352 g/mol. The molecule has 1 spiro atoms. The highest BCUT2D eigenvalue weighted by molar-refractivity contribution is 6.30. The highest BCUT2D eigenvalue weighted by Gasteiger charge is 2.42. The van der Waals surface area contributed by atoms with E-state index in [1.807, 2.05) is 18.2 Å². The summed E-state index contributed by atoms with van der Waals surface area (Å²) in [5.41, 5.74) is 0.999. The van der Waals surface area contributed by atoms with Crippen LogP contribution in [-0.4, -0.2) is 50.1 Å². The number of carbonyl (C=O) groups excluding carboxylic acids is 1. The van der Waals surface area contributed by atoms with Gasteiger partial charge in [0.05, 0.1) is 13.7 Å². The largest absolute Gasteiger partial charge is 0.496 e. The van der Waals surface area contributed by atoms with Gasteiger partial charge < -0.3 is 20.3 Å². The standard InChI is InChI=1S/C19H27ClN4O2/c1-3-21-18(22-11-14-9-15(20)5-6-16(14)26-2)24-8-4-7-19(13-24)10-17(25)23-12-19/h5-6,9H,3-4,7-8,10-13H2,1-2H3,(H,21,22)(H,23,25). The Bertz CT molecular complexity index is 694. The van der Waals surface area contributed by atoms with Crippen LogP contribution in [-0.2, 0) is 11.3 Å². The van der Waals surface area contributed by atoms with E-state index in [1.165, 1.54) is 0 Å². The summed E-state index contributed by atoms with van der Waals surface area (Å²) in [5, 5.41) is 7.06. The number of hydrogen-bond acceptors (Lipinski definition) is 3. The smallest absolute Gasteiger partial charge is 0.220 e. The van der Waals surface area contributed by atoms with Crippen molar-refractivity contribution in [3.05, 3.63) is 28.8 Å². The molecule has 2 heterocycles. The van der Waals surface area contributed by atoms with E-state index < -0.39 is 0 Å². The average Bonchev–Trinajstić information content (AvgIpc) is 2.98. The Hall–Kier alpha value is -1.95. The molecule has 6 nitrogen and oxygen atoms in total. The Morgan fingerprint density at radius 1 is 1.50 bits per heavy atom. The number of guanidine groups is 1. The number of hydrogen-bond donors (Lipinski definition) is 2. The maximum absolute atomic E-state index is 11.7. The molecule has 1 atom stereocenters. The van der Waals surface area contributed by atoms with Crippen LogP contribution in [0.3, 0.4) is 0 Å². The summed E-state index contributed by atoms with van der Waals surface area (Å²) in [6.45, 7) is 5.93. The summed E-state index contributed by atoms with van der Waals surface area (Å²) in [5.74, 6) is 1.83. The molecule has 0 saturated carbocycles. The molecule has 142 valence electrons. The highest BCUT2D eigenvalue weighted by Crippen LogP contribution is 2.36. The summed E-state index contributed by atoms with van der Waals surface area (Å²) >= 11 is 6.13. The third-order valence-corrected chi connectivity index (χ3v) is 5.37. The van der Waals surface area contributed by atoms with Crippen LogP contribution < -0.4 is 15.4 Å². The Morgan fingerprint density at radius 2 is 2.35 bits per heavy atom. The Balaban J connectivity index is 1.77. The molecule has 1 aromatic rings. The molecule has 2 saturated heterocycles. The molecule has 0 aromatic heterocycles. The van der Waals surface area contributed by atoms with Crippen molar-refractivity contribution in [2.24, 2.45) is 10.4 Å². The lowest BCUT2D eigenvalue weighted by Gasteiger charge is -2.40. The monoisotopic (exact) mass is 378 g/mol. The van der Waals surface area contributed by atoms with Gasteiger partial charge in [0, 0.05) is 48.6 Å². The zero-order valence-corrected chi connectivity index (χ0v) is 16.2. The van der Waals surface area contributed by atoms with Crippen molar-refractivity contribution in [1.82, 2.24) is 15.5 Å². The molecule has 1 unspecified atom stereocenters. The number of nitrogens with zero attached hydrogens (tertiary/aromatic N) is 2. The first-order valence-corrected chi connectivity index (χ1v) is 9.55. The molecule has 0 bridgehead atoms. The number of likely N-dealkylation sites (tertiary alicyclic amines) is 1. The molecule has 2 aliphatic rings. The number of amides is 1. The number of benzene rings is 1. The second-order valence-electron chi connectivity index (χ2n) is 7.10. The zero-order valence-electron chi connectivity index (χ0n) is 15.5. The predicted octanol–water partition coefficient (Wildman–Crippen LogP) is 2.42.